The molecule has 192 valence electrons. The Kier molecular flexibility index (Phi) is 6.31. The van der Waals surface area contributed by atoms with Gasteiger partial charge in [0.05, 0.1) is 32.1 Å². The van der Waals surface area contributed by atoms with Gasteiger partial charge in [-0.1, -0.05) is 0 Å². The summed E-state index contributed by atoms with van der Waals surface area (Å²) in [6, 6.07) is 5.92. The minimum atomic E-state index is 0.0438. The maximum atomic E-state index is 13.0. The van der Waals surface area contributed by atoms with Crippen LogP contribution in [-0.4, -0.2) is 89.9 Å². The molecule has 3 aromatic rings. The molecule has 0 atom stereocenters. The van der Waals surface area contributed by atoms with Crippen molar-refractivity contribution < 1.29 is 14.3 Å². The molecule has 2 saturated heterocycles. The normalized spacial score (nSPS) is 17.7. The van der Waals surface area contributed by atoms with E-state index in [1.807, 2.05) is 30.0 Å². The van der Waals surface area contributed by atoms with Gasteiger partial charge in [-0.25, -0.2) is 15.0 Å². The van der Waals surface area contributed by atoms with Gasteiger partial charge in [-0.15, -0.1) is 0 Å². The zero-order valence-corrected chi connectivity index (χ0v) is 20.9. The maximum absolute atomic E-state index is 13.0. The SMILES string of the molecule is Cc1cc(C(=O)N2CCOCC2)ccc1N1CCc2c(-c3cnc(N)nc3)nc(N3CCOCC3)nc21. The van der Waals surface area contributed by atoms with E-state index in [1.54, 1.807) is 12.4 Å². The second-order valence-corrected chi connectivity index (χ2v) is 9.41. The summed E-state index contributed by atoms with van der Waals surface area (Å²) < 4.78 is 10.9. The van der Waals surface area contributed by atoms with Crippen molar-refractivity contribution in [1.82, 2.24) is 24.8 Å². The number of rotatable bonds is 4. The summed E-state index contributed by atoms with van der Waals surface area (Å²) in [5.41, 5.74) is 11.2. The smallest absolute Gasteiger partial charge is 0.254 e. The number of carbonyl (C=O) groups is 1. The Morgan fingerprint density at radius 3 is 2.35 bits per heavy atom. The fourth-order valence-electron chi connectivity index (χ4n) is 5.12. The number of nitrogens with zero attached hydrogens (tertiary/aromatic N) is 7. The highest BCUT2D eigenvalue weighted by Crippen LogP contribution is 2.40. The first kappa shape index (κ1) is 23.6. The Labute approximate surface area is 215 Å². The second-order valence-electron chi connectivity index (χ2n) is 9.41. The number of ether oxygens (including phenoxy) is 2. The summed E-state index contributed by atoms with van der Waals surface area (Å²) in [6.45, 7) is 7.96. The summed E-state index contributed by atoms with van der Waals surface area (Å²) in [6.07, 6.45) is 4.22. The predicted octanol–water partition coefficient (Wildman–Crippen LogP) is 1.83. The van der Waals surface area contributed by atoms with E-state index in [-0.39, 0.29) is 11.9 Å². The van der Waals surface area contributed by atoms with Crippen molar-refractivity contribution in [2.24, 2.45) is 0 Å². The molecule has 0 aliphatic carbocycles. The van der Waals surface area contributed by atoms with Crippen LogP contribution in [0.4, 0.5) is 23.4 Å². The van der Waals surface area contributed by atoms with Crippen LogP contribution in [0.15, 0.2) is 30.6 Å². The fraction of sp³-hybridized carbons (Fsp3) is 0.423. The van der Waals surface area contributed by atoms with Crippen molar-refractivity contribution in [3.8, 4) is 11.3 Å². The lowest BCUT2D eigenvalue weighted by atomic mass is 10.1. The van der Waals surface area contributed by atoms with Gasteiger partial charge in [0, 0.05) is 67.5 Å². The number of amides is 1. The molecular weight excluding hydrogens is 472 g/mol. The summed E-state index contributed by atoms with van der Waals surface area (Å²) in [7, 11) is 0. The van der Waals surface area contributed by atoms with E-state index >= 15 is 0 Å². The number of hydrogen-bond acceptors (Lipinski definition) is 10. The first-order valence-corrected chi connectivity index (χ1v) is 12.7. The van der Waals surface area contributed by atoms with Gasteiger partial charge in [0.15, 0.2) is 0 Å². The van der Waals surface area contributed by atoms with Gasteiger partial charge in [-0.05, 0) is 37.1 Å². The van der Waals surface area contributed by atoms with Crippen LogP contribution in [-0.2, 0) is 15.9 Å². The summed E-state index contributed by atoms with van der Waals surface area (Å²) in [4.78, 5) is 37.6. The molecule has 1 aromatic carbocycles. The minimum absolute atomic E-state index is 0.0438. The first-order chi connectivity index (χ1) is 18.1. The van der Waals surface area contributed by atoms with E-state index in [0.29, 0.717) is 51.0 Å². The molecule has 2 aromatic heterocycles. The Morgan fingerprint density at radius 2 is 1.65 bits per heavy atom. The highest BCUT2D eigenvalue weighted by Gasteiger charge is 2.30. The minimum Gasteiger partial charge on any atom is -0.378 e. The largest absolute Gasteiger partial charge is 0.378 e. The maximum Gasteiger partial charge on any atom is 0.254 e. The summed E-state index contributed by atoms with van der Waals surface area (Å²) in [5, 5.41) is 0. The molecule has 0 bridgehead atoms. The van der Waals surface area contributed by atoms with Crippen LogP contribution in [0.2, 0.25) is 0 Å². The number of aromatic nitrogens is 4. The van der Waals surface area contributed by atoms with Gasteiger partial charge in [-0.3, -0.25) is 4.79 Å². The van der Waals surface area contributed by atoms with Crippen LogP contribution in [0.25, 0.3) is 11.3 Å². The third-order valence-corrected chi connectivity index (χ3v) is 7.09. The molecule has 3 aliphatic rings. The van der Waals surface area contributed by atoms with Crippen molar-refractivity contribution in [2.75, 3.05) is 74.7 Å². The number of fused-ring (bicyclic) bond motifs is 1. The van der Waals surface area contributed by atoms with Crippen LogP contribution in [0, 0.1) is 6.92 Å². The number of hydrogen-bond donors (Lipinski definition) is 1. The first-order valence-electron chi connectivity index (χ1n) is 12.7. The molecule has 0 unspecified atom stereocenters. The summed E-state index contributed by atoms with van der Waals surface area (Å²) in [5.74, 6) is 1.81. The van der Waals surface area contributed by atoms with Crippen LogP contribution in [0.5, 0.6) is 0 Å². The van der Waals surface area contributed by atoms with Gasteiger partial charge in [0.1, 0.15) is 5.82 Å². The van der Waals surface area contributed by atoms with Crippen LogP contribution < -0.4 is 15.5 Å². The number of anilines is 4. The molecule has 11 heteroatoms. The second kappa shape index (κ2) is 9.91. The zero-order chi connectivity index (χ0) is 25.4. The van der Waals surface area contributed by atoms with Crippen molar-refractivity contribution in [2.45, 2.75) is 13.3 Å². The quantitative estimate of drug-likeness (QED) is 0.565. The number of aryl methyl sites for hydroxylation is 1. The van der Waals surface area contributed by atoms with Gasteiger partial charge in [-0.2, -0.15) is 4.98 Å². The van der Waals surface area contributed by atoms with Gasteiger partial charge < -0.3 is 29.9 Å². The number of nitrogens with two attached hydrogens (primary N) is 1. The topological polar surface area (TPSA) is 123 Å². The number of morpholine rings is 2. The van der Waals surface area contributed by atoms with Crippen molar-refractivity contribution >= 4 is 29.3 Å². The van der Waals surface area contributed by atoms with Gasteiger partial charge >= 0.3 is 0 Å². The van der Waals surface area contributed by atoms with E-state index in [0.717, 1.165) is 59.9 Å². The number of benzene rings is 1. The molecule has 2 N–H and O–H groups in total. The Balaban J connectivity index is 1.37. The van der Waals surface area contributed by atoms with Crippen LogP contribution in [0.1, 0.15) is 21.5 Å². The highest BCUT2D eigenvalue weighted by atomic mass is 16.5. The molecule has 6 rings (SSSR count). The molecule has 0 saturated carbocycles. The molecule has 1 amide bonds. The standard InChI is InChI=1S/C26H30N8O3/c1-17-14-18(24(35)32-6-10-36-11-7-32)2-3-21(17)34-5-4-20-22(19-15-28-25(27)29-16-19)30-26(31-23(20)34)33-8-12-37-13-9-33/h2-3,14-16H,4-13H2,1H3,(H2,27,28,29). The lowest BCUT2D eigenvalue weighted by molar-refractivity contribution is 0.0303. The molecule has 0 spiro atoms. The highest BCUT2D eigenvalue weighted by molar-refractivity contribution is 5.95. The third-order valence-electron chi connectivity index (χ3n) is 7.09. The van der Waals surface area contributed by atoms with Crippen molar-refractivity contribution in [3.05, 3.63) is 47.3 Å². The van der Waals surface area contributed by atoms with E-state index in [1.165, 1.54) is 0 Å². The van der Waals surface area contributed by atoms with E-state index in [4.69, 9.17) is 25.2 Å². The van der Waals surface area contributed by atoms with Gasteiger partial charge in [0.2, 0.25) is 11.9 Å². The van der Waals surface area contributed by atoms with Gasteiger partial charge in [0.25, 0.3) is 5.91 Å². The molecule has 2 fully saturated rings. The average molecular weight is 503 g/mol. The molecule has 3 aliphatic heterocycles. The zero-order valence-electron chi connectivity index (χ0n) is 20.9. The predicted molar refractivity (Wildman–Crippen MR) is 139 cm³/mol. The Morgan fingerprint density at radius 1 is 0.946 bits per heavy atom. The molecule has 37 heavy (non-hydrogen) atoms. The number of nitrogen functional groups attached to an aromatic ring is 1. The Bertz CT molecular complexity index is 1300. The van der Waals surface area contributed by atoms with Crippen molar-refractivity contribution in [3.63, 3.8) is 0 Å². The Hall–Kier alpha value is -3.83. The lowest BCUT2D eigenvalue weighted by Gasteiger charge is -2.29. The van der Waals surface area contributed by atoms with Crippen molar-refractivity contribution in [1.29, 1.82) is 0 Å². The third kappa shape index (κ3) is 4.56. The lowest BCUT2D eigenvalue weighted by Crippen LogP contribution is -2.40. The number of carbonyl (C=O) groups excluding carboxylic acids is 1. The average Bonchev–Trinajstić information content (AvgIpc) is 3.37. The molecular formula is C26H30N8O3. The molecule has 0 radical (unpaired) electrons. The van der Waals surface area contributed by atoms with E-state index < -0.39 is 0 Å². The van der Waals surface area contributed by atoms with Crippen LogP contribution >= 0.6 is 0 Å². The molecule has 5 heterocycles. The monoisotopic (exact) mass is 502 g/mol. The summed E-state index contributed by atoms with van der Waals surface area (Å²) >= 11 is 0. The van der Waals surface area contributed by atoms with Crippen LogP contribution in [0.3, 0.4) is 0 Å². The van der Waals surface area contributed by atoms with E-state index in [9.17, 15) is 4.79 Å². The van der Waals surface area contributed by atoms with E-state index in [2.05, 4.69) is 19.8 Å². The molecule has 11 nitrogen and oxygen atoms in total. The fourth-order valence-corrected chi connectivity index (χ4v) is 5.12.